The van der Waals surface area contributed by atoms with Gasteiger partial charge in [-0.25, -0.2) is 0 Å². The Morgan fingerprint density at radius 3 is 2.17 bits per heavy atom. The van der Waals surface area contributed by atoms with E-state index in [-0.39, 0.29) is 30.2 Å². The van der Waals surface area contributed by atoms with Crippen LogP contribution in [0.25, 0.3) is 0 Å². The Labute approximate surface area is 177 Å². The van der Waals surface area contributed by atoms with Gasteiger partial charge in [-0.1, -0.05) is 48.5 Å². The summed E-state index contributed by atoms with van der Waals surface area (Å²) in [5.41, 5.74) is 1.75. The average molecular weight is 408 g/mol. The van der Waals surface area contributed by atoms with Crippen molar-refractivity contribution >= 4 is 17.7 Å². The number of nitrogens with zero attached hydrogens (tertiary/aromatic N) is 1. The maximum atomic E-state index is 12.4. The fourth-order valence-electron chi connectivity index (χ4n) is 3.61. The number of likely N-dealkylation sites (tertiary alicyclic amines) is 1. The normalized spacial score (nSPS) is 14.2. The van der Waals surface area contributed by atoms with Crippen molar-refractivity contribution in [3.8, 4) is 0 Å². The van der Waals surface area contributed by atoms with Crippen LogP contribution in [0.15, 0.2) is 60.7 Å². The van der Waals surface area contributed by atoms with Crippen LogP contribution in [0.1, 0.15) is 41.6 Å². The Balaban J connectivity index is 1.31. The summed E-state index contributed by atoms with van der Waals surface area (Å²) < 4.78 is 0. The lowest BCUT2D eigenvalue weighted by molar-refractivity contribution is -0.132. The first-order valence-electron chi connectivity index (χ1n) is 10.6. The van der Waals surface area contributed by atoms with E-state index >= 15 is 0 Å². The van der Waals surface area contributed by atoms with Gasteiger partial charge in [-0.05, 0) is 37.0 Å². The molecule has 0 radical (unpaired) electrons. The van der Waals surface area contributed by atoms with E-state index in [2.05, 4.69) is 10.6 Å². The number of hydrogen-bond donors (Lipinski definition) is 2. The first kappa shape index (κ1) is 21.6. The highest BCUT2D eigenvalue weighted by molar-refractivity contribution is 5.94. The summed E-state index contributed by atoms with van der Waals surface area (Å²) in [5.74, 6) is -0.0650. The standard InChI is InChI=1S/C24H29N3O3/c28-22(12-11-19-7-3-1-4-8-19)26-21-14-17-27(18-15-21)23(29)13-16-25-24(30)20-9-5-2-6-10-20/h1-10,21H,11-18H2,(H,25,30)(H,26,28). The largest absolute Gasteiger partial charge is 0.353 e. The summed E-state index contributed by atoms with van der Waals surface area (Å²) in [6, 6.07) is 19.1. The molecule has 3 amide bonds. The molecule has 1 fully saturated rings. The van der Waals surface area contributed by atoms with Gasteiger partial charge in [0.05, 0.1) is 0 Å². The molecule has 0 aromatic heterocycles. The zero-order chi connectivity index (χ0) is 21.2. The Hall–Kier alpha value is -3.15. The van der Waals surface area contributed by atoms with Crippen molar-refractivity contribution in [3.05, 3.63) is 71.8 Å². The quantitative estimate of drug-likeness (QED) is 0.706. The molecule has 6 heteroatoms. The van der Waals surface area contributed by atoms with E-state index in [4.69, 9.17) is 0 Å². The fourth-order valence-corrected chi connectivity index (χ4v) is 3.61. The molecular formula is C24H29N3O3. The lowest BCUT2D eigenvalue weighted by Gasteiger charge is -2.32. The maximum absolute atomic E-state index is 12.4. The maximum Gasteiger partial charge on any atom is 0.251 e. The van der Waals surface area contributed by atoms with Gasteiger partial charge in [0.2, 0.25) is 11.8 Å². The smallest absolute Gasteiger partial charge is 0.251 e. The van der Waals surface area contributed by atoms with Crippen LogP contribution in [0.5, 0.6) is 0 Å². The van der Waals surface area contributed by atoms with Crippen LogP contribution >= 0.6 is 0 Å². The summed E-state index contributed by atoms with van der Waals surface area (Å²) in [4.78, 5) is 38.4. The zero-order valence-corrected chi connectivity index (χ0v) is 17.2. The third-order valence-electron chi connectivity index (χ3n) is 5.36. The summed E-state index contributed by atoms with van der Waals surface area (Å²) in [5, 5.41) is 5.88. The highest BCUT2D eigenvalue weighted by atomic mass is 16.2. The first-order valence-corrected chi connectivity index (χ1v) is 10.6. The molecule has 1 aliphatic heterocycles. The van der Waals surface area contributed by atoms with E-state index in [9.17, 15) is 14.4 Å². The second-order valence-electron chi connectivity index (χ2n) is 7.58. The molecule has 0 spiro atoms. The van der Waals surface area contributed by atoms with Crippen molar-refractivity contribution in [2.24, 2.45) is 0 Å². The molecule has 2 aromatic rings. The van der Waals surface area contributed by atoms with Crippen LogP contribution in [-0.2, 0) is 16.0 Å². The molecule has 0 aliphatic carbocycles. The zero-order valence-electron chi connectivity index (χ0n) is 17.2. The number of carbonyl (C=O) groups is 3. The van der Waals surface area contributed by atoms with E-state index in [0.29, 0.717) is 31.6 Å². The van der Waals surface area contributed by atoms with Crippen molar-refractivity contribution in [1.82, 2.24) is 15.5 Å². The van der Waals surface area contributed by atoms with Gasteiger partial charge < -0.3 is 15.5 Å². The van der Waals surface area contributed by atoms with Gasteiger partial charge in [0, 0.05) is 44.1 Å². The summed E-state index contributed by atoms with van der Waals surface area (Å²) in [7, 11) is 0. The fraction of sp³-hybridized carbons (Fsp3) is 0.375. The molecule has 0 saturated carbocycles. The topological polar surface area (TPSA) is 78.5 Å². The Bertz CT molecular complexity index is 831. The average Bonchev–Trinajstić information content (AvgIpc) is 2.79. The number of amides is 3. The van der Waals surface area contributed by atoms with Gasteiger partial charge in [-0.2, -0.15) is 0 Å². The first-order chi connectivity index (χ1) is 14.6. The molecule has 1 heterocycles. The number of nitrogens with one attached hydrogen (secondary N) is 2. The van der Waals surface area contributed by atoms with E-state index in [1.807, 2.05) is 53.4 Å². The lowest BCUT2D eigenvalue weighted by Crippen LogP contribution is -2.47. The van der Waals surface area contributed by atoms with Crippen molar-refractivity contribution in [1.29, 1.82) is 0 Å². The predicted molar refractivity (Wildman–Crippen MR) is 116 cm³/mol. The molecule has 2 aromatic carbocycles. The highest BCUT2D eigenvalue weighted by Crippen LogP contribution is 2.12. The molecule has 30 heavy (non-hydrogen) atoms. The van der Waals surface area contributed by atoms with E-state index in [1.54, 1.807) is 12.1 Å². The summed E-state index contributed by atoms with van der Waals surface area (Å²) in [6.07, 6.45) is 3.02. The molecule has 0 unspecified atom stereocenters. The number of hydrogen-bond acceptors (Lipinski definition) is 3. The van der Waals surface area contributed by atoms with E-state index < -0.39 is 0 Å². The van der Waals surface area contributed by atoms with Crippen LogP contribution < -0.4 is 10.6 Å². The monoisotopic (exact) mass is 407 g/mol. The number of piperidine rings is 1. The molecule has 1 saturated heterocycles. The van der Waals surface area contributed by atoms with Gasteiger partial charge in [0.1, 0.15) is 0 Å². The Kier molecular flexibility index (Phi) is 8.01. The van der Waals surface area contributed by atoms with Crippen LogP contribution in [-0.4, -0.2) is 48.3 Å². The highest BCUT2D eigenvalue weighted by Gasteiger charge is 2.23. The van der Waals surface area contributed by atoms with Crippen molar-refractivity contribution in [2.45, 2.75) is 38.1 Å². The molecule has 0 atom stereocenters. The summed E-state index contributed by atoms with van der Waals surface area (Å²) >= 11 is 0. The van der Waals surface area contributed by atoms with Crippen molar-refractivity contribution in [3.63, 3.8) is 0 Å². The second kappa shape index (κ2) is 11.1. The lowest BCUT2D eigenvalue weighted by atomic mass is 10.0. The van der Waals surface area contributed by atoms with Crippen LogP contribution in [0.4, 0.5) is 0 Å². The Morgan fingerprint density at radius 1 is 0.867 bits per heavy atom. The minimum Gasteiger partial charge on any atom is -0.353 e. The van der Waals surface area contributed by atoms with Crippen molar-refractivity contribution in [2.75, 3.05) is 19.6 Å². The third kappa shape index (κ3) is 6.72. The molecule has 3 rings (SSSR count). The predicted octanol–water partition coefficient (Wildman–Crippen LogP) is 2.55. The molecule has 0 bridgehead atoms. The van der Waals surface area contributed by atoms with Crippen molar-refractivity contribution < 1.29 is 14.4 Å². The number of carbonyl (C=O) groups excluding carboxylic acids is 3. The number of benzene rings is 2. The van der Waals surface area contributed by atoms with E-state index in [0.717, 1.165) is 24.8 Å². The van der Waals surface area contributed by atoms with Crippen LogP contribution in [0.3, 0.4) is 0 Å². The van der Waals surface area contributed by atoms with Gasteiger partial charge >= 0.3 is 0 Å². The van der Waals surface area contributed by atoms with Gasteiger partial charge in [-0.15, -0.1) is 0 Å². The molecular weight excluding hydrogens is 378 g/mol. The molecule has 1 aliphatic rings. The SMILES string of the molecule is O=C(CCc1ccccc1)NC1CCN(C(=O)CCNC(=O)c2ccccc2)CC1. The van der Waals surface area contributed by atoms with E-state index in [1.165, 1.54) is 0 Å². The molecule has 158 valence electrons. The minimum atomic E-state index is -0.166. The van der Waals surface area contributed by atoms with Gasteiger partial charge in [-0.3, -0.25) is 14.4 Å². The van der Waals surface area contributed by atoms with Crippen LogP contribution in [0.2, 0.25) is 0 Å². The van der Waals surface area contributed by atoms with Gasteiger partial charge in [0.25, 0.3) is 5.91 Å². The molecule has 2 N–H and O–H groups in total. The molecule has 6 nitrogen and oxygen atoms in total. The third-order valence-corrected chi connectivity index (χ3v) is 5.36. The summed E-state index contributed by atoms with van der Waals surface area (Å²) in [6.45, 7) is 1.59. The number of aryl methyl sites for hydroxylation is 1. The van der Waals surface area contributed by atoms with Crippen LogP contribution in [0, 0.1) is 0 Å². The number of rotatable bonds is 8. The Morgan fingerprint density at radius 2 is 1.50 bits per heavy atom. The minimum absolute atomic E-state index is 0.0391. The van der Waals surface area contributed by atoms with Gasteiger partial charge in [0.15, 0.2) is 0 Å². The second-order valence-corrected chi connectivity index (χ2v) is 7.58.